The monoisotopic (exact) mass is 382 g/mol. The number of benzene rings is 3. The van der Waals surface area contributed by atoms with Gasteiger partial charge in [-0.1, -0.05) is 31.2 Å². The molecule has 0 aliphatic rings. The summed E-state index contributed by atoms with van der Waals surface area (Å²) in [5, 5.41) is 0. The van der Waals surface area contributed by atoms with Gasteiger partial charge >= 0.3 is 11.9 Å². The van der Waals surface area contributed by atoms with Gasteiger partial charge in [0.05, 0.1) is 5.56 Å². The van der Waals surface area contributed by atoms with Gasteiger partial charge in [-0.15, -0.1) is 0 Å². The topological polar surface area (TPSA) is 52.6 Å². The molecule has 0 N–H and O–H groups in total. The normalized spacial score (nSPS) is 10.4. The van der Waals surface area contributed by atoms with Crippen molar-refractivity contribution in [1.29, 1.82) is 0 Å². The van der Waals surface area contributed by atoms with Crippen molar-refractivity contribution in [3.63, 3.8) is 0 Å². The van der Waals surface area contributed by atoms with E-state index in [0.29, 0.717) is 5.56 Å². The number of carbonyl (C=O) groups excluding carboxylic acids is 2. The maximum atomic E-state index is 13.7. The van der Waals surface area contributed by atoms with Gasteiger partial charge in [0.15, 0.2) is 0 Å². The Morgan fingerprint density at radius 2 is 1.32 bits per heavy atom. The number of rotatable bonds is 5. The Morgan fingerprint density at radius 3 is 1.89 bits per heavy atom. The Hall–Kier alpha value is -3.54. The van der Waals surface area contributed by atoms with Gasteiger partial charge in [-0.05, 0) is 48.4 Å². The molecule has 3 aromatic carbocycles. The van der Waals surface area contributed by atoms with Crippen molar-refractivity contribution >= 4 is 11.9 Å². The van der Waals surface area contributed by atoms with E-state index in [0.717, 1.165) is 30.2 Å². The molecule has 0 fully saturated rings. The molecule has 0 unspecified atom stereocenters. The Balaban J connectivity index is 1.73. The third-order valence-corrected chi connectivity index (χ3v) is 3.99. The standard InChI is InChI=1S/C22H16F2O4/c1-2-14-9-11-15(12-10-14)21(25)27-16-5-3-6-17(13-16)28-22(26)20-18(23)7-4-8-19(20)24/h3-13H,2H2,1H3. The molecule has 4 nitrogen and oxygen atoms in total. The molecule has 0 aliphatic carbocycles. The predicted octanol–water partition coefficient (Wildman–Crippen LogP) is 4.97. The minimum Gasteiger partial charge on any atom is -0.423 e. The van der Waals surface area contributed by atoms with Gasteiger partial charge in [0.25, 0.3) is 0 Å². The van der Waals surface area contributed by atoms with E-state index < -0.39 is 29.1 Å². The molecule has 0 heterocycles. The molecular formula is C22H16F2O4. The third kappa shape index (κ3) is 4.40. The number of esters is 2. The van der Waals surface area contributed by atoms with E-state index in [1.807, 2.05) is 19.1 Å². The summed E-state index contributed by atoms with van der Waals surface area (Å²) >= 11 is 0. The second-order valence-electron chi connectivity index (χ2n) is 5.90. The van der Waals surface area contributed by atoms with Crippen LogP contribution in [0, 0.1) is 11.6 Å². The molecule has 0 saturated carbocycles. The van der Waals surface area contributed by atoms with E-state index in [-0.39, 0.29) is 11.5 Å². The number of halogens is 2. The zero-order chi connectivity index (χ0) is 20.1. The van der Waals surface area contributed by atoms with Crippen LogP contribution in [-0.4, -0.2) is 11.9 Å². The number of aryl methyl sites for hydroxylation is 1. The van der Waals surface area contributed by atoms with Crippen molar-refractivity contribution in [2.24, 2.45) is 0 Å². The van der Waals surface area contributed by atoms with Gasteiger partial charge < -0.3 is 9.47 Å². The fraction of sp³-hybridized carbons (Fsp3) is 0.0909. The average Bonchev–Trinajstić information content (AvgIpc) is 2.68. The van der Waals surface area contributed by atoms with E-state index in [9.17, 15) is 18.4 Å². The molecule has 0 amide bonds. The predicted molar refractivity (Wildman–Crippen MR) is 98.5 cm³/mol. The third-order valence-electron chi connectivity index (χ3n) is 3.99. The fourth-order valence-corrected chi connectivity index (χ4v) is 2.49. The Morgan fingerprint density at radius 1 is 0.786 bits per heavy atom. The van der Waals surface area contributed by atoms with Crippen molar-refractivity contribution in [2.45, 2.75) is 13.3 Å². The minimum atomic E-state index is -1.19. The van der Waals surface area contributed by atoms with Gasteiger partial charge in [-0.2, -0.15) is 0 Å². The summed E-state index contributed by atoms with van der Waals surface area (Å²) < 4.78 is 37.7. The van der Waals surface area contributed by atoms with Crippen molar-refractivity contribution in [2.75, 3.05) is 0 Å². The SMILES string of the molecule is CCc1ccc(C(=O)Oc2cccc(OC(=O)c3c(F)cccc3F)c2)cc1. The summed E-state index contributed by atoms with van der Waals surface area (Å²) in [5.41, 5.74) is 0.666. The van der Waals surface area contributed by atoms with Crippen LogP contribution in [0.5, 0.6) is 11.5 Å². The van der Waals surface area contributed by atoms with Gasteiger partial charge in [0, 0.05) is 6.07 Å². The summed E-state index contributed by atoms with van der Waals surface area (Å²) in [6.45, 7) is 2.01. The molecule has 0 saturated heterocycles. The highest BCUT2D eigenvalue weighted by atomic mass is 19.1. The summed E-state index contributed by atoms with van der Waals surface area (Å²) in [7, 11) is 0. The Kier molecular flexibility index (Phi) is 5.79. The van der Waals surface area contributed by atoms with Crippen LogP contribution in [0.3, 0.4) is 0 Å². The zero-order valence-electron chi connectivity index (χ0n) is 14.9. The molecule has 28 heavy (non-hydrogen) atoms. The first-order chi connectivity index (χ1) is 13.5. The molecule has 0 spiro atoms. The van der Waals surface area contributed by atoms with Crippen LogP contribution < -0.4 is 9.47 Å². The quantitative estimate of drug-likeness (QED) is 0.462. The molecule has 0 aromatic heterocycles. The van der Waals surface area contributed by atoms with Crippen molar-refractivity contribution in [3.05, 3.63) is 95.1 Å². The van der Waals surface area contributed by atoms with Crippen molar-refractivity contribution in [3.8, 4) is 11.5 Å². The average molecular weight is 382 g/mol. The lowest BCUT2D eigenvalue weighted by Crippen LogP contribution is -2.13. The molecule has 0 atom stereocenters. The van der Waals surface area contributed by atoms with Gasteiger partial charge in [0.2, 0.25) is 0 Å². The number of hydrogen-bond acceptors (Lipinski definition) is 4. The lowest BCUT2D eigenvalue weighted by Gasteiger charge is -2.09. The lowest BCUT2D eigenvalue weighted by atomic mass is 10.1. The van der Waals surface area contributed by atoms with Gasteiger partial charge in [-0.25, -0.2) is 18.4 Å². The summed E-state index contributed by atoms with van der Waals surface area (Å²) in [6.07, 6.45) is 0.853. The largest absolute Gasteiger partial charge is 0.423 e. The Labute approximate surface area is 160 Å². The second kappa shape index (κ2) is 8.43. The Bertz CT molecular complexity index is 993. The lowest BCUT2D eigenvalue weighted by molar-refractivity contribution is 0.0724. The number of ether oxygens (including phenoxy) is 2. The van der Waals surface area contributed by atoms with Gasteiger partial charge in [-0.3, -0.25) is 0 Å². The first-order valence-electron chi connectivity index (χ1n) is 8.55. The maximum absolute atomic E-state index is 13.7. The minimum absolute atomic E-state index is 0.0146. The van der Waals surface area contributed by atoms with E-state index in [4.69, 9.17) is 9.47 Å². The summed E-state index contributed by atoms with van der Waals surface area (Å²) in [5.74, 6) is -3.70. The molecule has 0 bridgehead atoms. The molecule has 3 rings (SSSR count). The van der Waals surface area contributed by atoms with Crippen LogP contribution in [0.2, 0.25) is 0 Å². The highest BCUT2D eigenvalue weighted by Gasteiger charge is 2.19. The van der Waals surface area contributed by atoms with Gasteiger partial charge in [0.1, 0.15) is 28.7 Å². The molecule has 6 heteroatoms. The van der Waals surface area contributed by atoms with E-state index in [1.165, 1.54) is 24.3 Å². The number of hydrogen-bond donors (Lipinski definition) is 0. The first kappa shape index (κ1) is 19.2. The smallest absolute Gasteiger partial charge is 0.349 e. The fourth-order valence-electron chi connectivity index (χ4n) is 2.49. The summed E-state index contributed by atoms with van der Waals surface area (Å²) in [6, 6.07) is 15.7. The van der Waals surface area contributed by atoms with E-state index in [2.05, 4.69) is 0 Å². The van der Waals surface area contributed by atoms with Crippen molar-refractivity contribution in [1.82, 2.24) is 0 Å². The number of carbonyl (C=O) groups is 2. The van der Waals surface area contributed by atoms with E-state index >= 15 is 0 Å². The summed E-state index contributed by atoms with van der Waals surface area (Å²) in [4.78, 5) is 24.3. The van der Waals surface area contributed by atoms with Crippen LogP contribution >= 0.6 is 0 Å². The zero-order valence-corrected chi connectivity index (χ0v) is 14.9. The highest BCUT2D eigenvalue weighted by Crippen LogP contribution is 2.23. The van der Waals surface area contributed by atoms with Crippen LogP contribution in [0.1, 0.15) is 33.2 Å². The second-order valence-corrected chi connectivity index (χ2v) is 5.90. The molecule has 0 aliphatic heterocycles. The molecule has 0 radical (unpaired) electrons. The maximum Gasteiger partial charge on any atom is 0.349 e. The molecule has 142 valence electrons. The van der Waals surface area contributed by atoms with Crippen LogP contribution in [0.4, 0.5) is 8.78 Å². The molecule has 3 aromatic rings. The van der Waals surface area contributed by atoms with Crippen LogP contribution in [-0.2, 0) is 6.42 Å². The molecular weight excluding hydrogens is 366 g/mol. The first-order valence-corrected chi connectivity index (χ1v) is 8.55. The highest BCUT2D eigenvalue weighted by molar-refractivity contribution is 5.92. The van der Waals surface area contributed by atoms with Crippen LogP contribution in [0.15, 0.2) is 66.7 Å². The van der Waals surface area contributed by atoms with Crippen LogP contribution in [0.25, 0.3) is 0 Å². The van der Waals surface area contributed by atoms with E-state index in [1.54, 1.807) is 12.1 Å². The van der Waals surface area contributed by atoms with Crippen molar-refractivity contribution < 1.29 is 27.8 Å².